The van der Waals surface area contributed by atoms with E-state index in [4.69, 9.17) is 9.15 Å². The number of carboxylic acids is 1. The predicted molar refractivity (Wildman–Crippen MR) is 96.0 cm³/mol. The minimum atomic E-state index is -1.30. The van der Waals surface area contributed by atoms with E-state index in [1.54, 1.807) is 23.1 Å². The fraction of sp³-hybridized carbons (Fsp3) is 0.300. The van der Waals surface area contributed by atoms with Crippen LogP contribution >= 0.6 is 0 Å². The number of carbonyl (C=O) groups is 2. The molecular weight excluding hydrogens is 334 g/mol. The van der Waals surface area contributed by atoms with E-state index in [1.165, 1.54) is 20.1 Å². The Kier molecular flexibility index (Phi) is 4.84. The molecule has 2 heterocycles. The molecule has 1 aliphatic rings. The fourth-order valence-electron chi connectivity index (χ4n) is 2.77. The predicted octanol–water partition coefficient (Wildman–Crippen LogP) is 3.45. The van der Waals surface area contributed by atoms with Crippen molar-refractivity contribution in [2.75, 3.05) is 13.1 Å². The van der Waals surface area contributed by atoms with Crippen molar-refractivity contribution in [2.45, 2.75) is 25.9 Å². The first-order valence-electron chi connectivity index (χ1n) is 8.41. The molecular formula is C20H21NO5. The van der Waals surface area contributed by atoms with Crippen molar-refractivity contribution in [1.29, 1.82) is 0 Å². The van der Waals surface area contributed by atoms with E-state index in [0.717, 1.165) is 11.1 Å². The van der Waals surface area contributed by atoms with E-state index < -0.39 is 11.6 Å². The molecule has 26 heavy (non-hydrogen) atoms. The minimum Gasteiger partial charge on any atom is -0.478 e. The maximum atomic E-state index is 12.3. The molecule has 1 aromatic carbocycles. The summed E-state index contributed by atoms with van der Waals surface area (Å²) in [4.78, 5) is 25.3. The van der Waals surface area contributed by atoms with E-state index in [9.17, 15) is 14.7 Å². The first kappa shape index (κ1) is 17.8. The number of carboxylic acid groups (broad SMARTS) is 1. The minimum absolute atomic E-state index is 0.120. The van der Waals surface area contributed by atoms with Crippen molar-refractivity contribution in [3.05, 3.63) is 60.1 Å². The standard InChI is InChI=1S/C20H21NO5/c1-20(2,19(23)24)26-16-6-3-5-15(13-16)14-8-10-21(11-9-14)18(22)17-7-4-12-25-17/h3-8,12-13H,9-11H2,1-2H3,(H,23,24). The average molecular weight is 355 g/mol. The largest absolute Gasteiger partial charge is 0.478 e. The fourth-order valence-corrected chi connectivity index (χ4v) is 2.77. The number of rotatable bonds is 5. The average Bonchev–Trinajstić information content (AvgIpc) is 3.15. The normalized spacial score (nSPS) is 14.7. The van der Waals surface area contributed by atoms with Gasteiger partial charge in [0.15, 0.2) is 11.4 Å². The zero-order valence-electron chi connectivity index (χ0n) is 14.8. The molecule has 0 spiro atoms. The van der Waals surface area contributed by atoms with E-state index in [0.29, 0.717) is 31.0 Å². The highest BCUT2D eigenvalue weighted by Gasteiger charge is 2.29. The van der Waals surface area contributed by atoms with Crippen molar-refractivity contribution in [2.24, 2.45) is 0 Å². The number of aliphatic carboxylic acids is 1. The van der Waals surface area contributed by atoms with Gasteiger partial charge in [0.2, 0.25) is 0 Å². The molecule has 1 aromatic heterocycles. The highest BCUT2D eigenvalue weighted by atomic mass is 16.5. The van der Waals surface area contributed by atoms with Gasteiger partial charge in [0.05, 0.1) is 6.26 Å². The Balaban J connectivity index is 1.71. The first-order valence-corrected chi connectivity index (χ1v) is 8.41. The smallest absolute Gasteiger partial charge is 0.347 e. The summed E-state index contributed by atoms with van der Waals surface area (Å²) in [6.45, 7) is 4.12. The first-order chi connectivity index (χ1) is 12.4. The third-order valence-electron chi connectivity index (χ3n) is 4.32. The van der Waals surface area contributed by atoms with E-state index in [2.05, 4.69) is 0 Å². The van der Waals surface area contributed by atoms with Crippen LogP contribution in [0.1, 0.15) is 36.4 Å². The Morgan fingerprint density at radius 2 is 2.04 bits per heavy atom. The van der Waals surface area contributed by atoms with Gasteiger partial charge in [-0.3, -0.25) is 4.79 Å². The third-order valence-corrected chi connectivity index (χ3v) is 4.32. The van der Waals surface area contributed by atoms with Gasteiger partial charge >= 0.3 is 5.97 Å². The van der Waals surface area contributed by atoms with Crippen molar-refractivity contribution in [1.82, 2.24) is 4.90 Å². The zero-order valence-corrected chi connectivity index (χ0v) is 14.8. The number of hydrogen-bond acceptors (Lipinski definition) is 4. The molecule has 1 N–H and O–H groups in total. The van der Waals surface area contributed by atoms with Gasteiger partial charge in [-0.1, -0.05) is 18.2 Å². The molecule has 2 aromatic rings. The van der Waals surface area contributed by atoms with Crippen LogP contribution in [0.2, 0.25) is 0 Å². The van der Waals surface area contributed by atoms with Crippen LogP contribution in [0, 0.1) is 0 Å². The van der Waals surface area contributed by atoms with Gasteiger partial charge in [-0.25, -0.2) is 4.79 Å². The van der Waals surface area contributed by atoms with Gasteiger partial charge < -0.3 is 19.2 Å². The van der Waals surface area contributed by atoms with Gasteiger partial charge in [0.1, 0.15) is 5.75 Å². The molecule has 0 atom stereocenters. The topological polar surface area (TPSA) is 80.0 Å². The van der Waals surface area contributed by atoms with Crippen molar-refractivity contribution >= 4 is 17.4 Å². The van der Waals surface area contributed by atoms with E-state index in [1.807, 2.05) is 24.3 Å². The van der Waals surface area contributed by atoms with Crippen LogP contribution in [0.25, 0.3) is 5.57 Å². The Morgan fingerprint density at radius 3 is 2.65 bits per heavy atom. The second kappa shape index (κ2) is 7.07. The summed E-state index contributed by atoms with van der Waals surface area (Å²) in [6.07, 6.45) is 4.20. The van der Waals surface area contributed by atoms with Crippen LogP contribution in [0.15, 0.2) is 53.2 Å². The number of nitrogens with zero attached hydrogens (tertiary/aromatic N) is 1. The van der Waals surface area contributed by atoms with Crippen LogP contribution in [-0.2, 0) is 4.79 Å². The molecule has 0 unspecified atom stereocenters. The van der Waals surface area contributed by atoms with Crippen LogP contribution in [-0.4, -0.2) is 40.6 Å². The van der Waals surface area contributed by atoms with Crippen molar-refractivity contribution < 1.29 is 23.8 Å². The quantitative estimate of drug-likeness (QED) is 0.888. The molecule has 0 saturated carbocycles. The van der Waals surface area contributed by atoms with Crippen molar-refractivity contribution in [3.8, 4) is 5.75 Å². The van der Waals surface area contributed by atoms with Crippen molar-refractivity contribution in [3.63, 3.8) is 0 Å². The number of benzene rings is 1. The van der Waals surface area contributed by atoms with E-state index in [-0.39, 0.29) is 5.91 Å². The number of amides is 1. The summed E-state index contributed by atoms with van der Waals surface area (Å²) in [5, 5.41) is 9.20. The van der Waals surface area contributed by atoms with Gasteiger partial charge in [-0.05, 0) is 55.7 Å². The second-order valence-electron chi connectivity index (χ2n) is 6.65. The number of furan rings is 1. The number of ether oxygens (including phenoxy) is 1. The lowest BCUT2D eigenvalue weighted by atomic mass is 9.99. The molecule has 136 valence electrons. The lowest BCUT2D eigenvalue weighted by molar-refractivity contribution is -0.152. The molecule has 6 heteroatoms. The Labute approximate surface area is 151 Å². The molecule has 6 nitrogen and oxygen atoms in total. The molecule has 1 aliphatic heterocycles. The monoisotopic (exact) mass is 355 g/mol. The van der Waals surface area contributed by atoms with Gasteiger partial charge in [-0.2, -0.15) is 0 Å². The highest BCUT2D eigenvalue weighted by Crippen LogP contribution is 2.27. The maximum absolute atomic E-state index is 12.3. The summed E-state index contributed by atoms with van der Waals surface area (Å²) >= 11 is 0. The lowest BCUT2D eigenvalue weighted by Gasteiger charge is -2.26. The van der Waals surface area contributed by atoms with Crippen LogP contribution in [0.4, 0.5) is 0 Å². The Hall–Kier alpha value is -3.02. The van der Waals surface area contributed by atoms with Crippen LogP contribution < -0.4 is 4.74 Å². The van der Waals surface area contributed by atoms with Gasteiger partial charge in [-0.15, -0.1) is 0 Å². The molecule has 0 saturated heterocycles. The summed E-state index contributed by atoms with van der Waals surface area (Å²) in [6, 6.07) is 10.7. The molecule has 0 radical (unpaired) electrons. The third kappa shape index (κ3) is 3.79. The second-order valence-corrected chi connectivity index (χ2v) is 6.65. The number of hydrogen-bond donors (Lipinski definition) is 1. The van der Waals surface area contributed by atoms with Gasteiger partial charge in [0, 0.05) is 13.1 Å². The van der Waals surface area contributed by atoms with Crippen LogP contribution in [0.3, 0.4) is 0 Å². The number of carbonyl (C=O) groups excluding carboxylic acids is 1. The highest BCUT2D eigenvalue weighted by molar-refractivity contribution is 5.92. The lowest BCUT2D eigenvalue weighted by Crippen LogP contribution is -2.37. The Bertz CT molecular complexity index is 836. The summed E-state index contributed by atoms with van der Waals surface area (Å²) in [5.74, 6) is -0.296. The maximum Gasteiger partial charge on any atom is 0.347 e. The van der Waals surface area contributed by atoms with Crippen LogP contribution in [0.5, 0.6) is 5.75 Å². The summed E-state index contributed by atoms with van der Waals surface area (Å²) in [5.41, 5.74) is 0.770. The molecule has 1 amide bonds. The Morgan fingerprint density at radius 1 is 1.23 bits per heavy atom. The van der Waals surface area contributed by atoms with E-state index >= 15 is 0 Å². The molecule has 0 fully saturated rings. The SMILES string of the molecule is CC(C)(Oc1cccc(C2=CCN(C(=O)c3ccco3)CC2)c1)C(=O)O. The molecule has 0 bridgehead atoms. The zero-order chi connectivity index (χ0) is 18.7. The summed E-state index contributed by atoms with van der Waals surface area (Å²) < 4.78 is 10.8. The molecule has 3 rings (SSSR count). The molecule has 0 aliphatic carbocycles. The summed E-state index contributed by atoms with van der Waals surface area (Å²) in [7, 11) is 0. The van der Waals surface area contributed by atoms with Gasteiger partial charge in [0.25, 0.3) is 5.91 Å².